The van der Waals surface area contributed by atoms with Gasteiger partial charge in [-0.2, -0.15) is 0 Å². The lowest BCUT2D eigenvalue weighted by Gasteiger charge is -2.05. The fourth-order valence-electron chi connectivity index (χ4n) is 1.99. The molecule has 0 saturated carbocycles. The van der Waals surface area contributed by atoms with Gasteiger partial charge >= 0.3 is 0 Å². The van der Waals surface area contributed by atoms with Crippen LogP contribution in [0, 0.1) is 12.8 Å². The van der Waals surface area contributed by atoms with E-state index in [1.807, 2.05) is 18.3 Å². The van der Waals surface area contributed by atoms with Crippen LogP contribution in [0.2, 0.25) is 0 Å². The summed E-state index contributed by atoms with van der Waals surface area (Å²) in [6.45, 7) is 8.43. The third-order valence-corrected chi connectivity index (χ3v) is 3.03. The number of benzene rings is 1. The Hall–Kier alpha value is -1.61. The molecule has 1 aromatic carbocycles. The van der Waals surface area contributed by atoms with Crippen LogP contribution in [0.15, 0.2) is 34.9 Å². The van der Waals surface area contributed by atoms with Crippen molar-refractivity contribution in [2.24, 2.45) is 5.92 Å². The maximum absolute atomic E-state index is 5.81. The summed E-state index contributed by atoms with van der Waals surface area (Å²) in [5, 5.41) is 3.39. The fraction of sp³-hybridized carbons (Fsp3) is 0.438. The van der Waals surface area contributed by atoms with Crippen LogP contribution in [0.3, 0.4) is 0 Å². The molecular formula is C16H22N2O. The summed E-state index contributed by atoms with van der Waals surface area (Å²) in [6, 6.07) is 8.21. The van der Waals surface area contributed by atoms with Crippen LogP contribution in [-0.2, 0) is 6.42 Å². The molecule has 1 N–H and O–H groups in total. The van der Waals surface area contributed by atoms with Gasteiger partial charge in [0.25, 0.3) is 0 Å². The second-order valence-corrected chi connectivity index (χ2v) is 5.28. The van der Waals surface area contributed by atoms with E-state index in [-0.39, 0.29) is 0 Å². The Morgan fingerprint density at radius 2 is 2.05 bits per heavy atom. The number of nitrogens with zero attached hydrogens (tertiary/aromatic N) is 1. The van der Waals surface area contributed by atoms with Crippen molar-refractivity contribution in [2.75, 3.05) is 13.1 Å². The van der Waals surface area contributed by atoms with Crippen molar-refractivity contribution in [3.05, 3.63) is 41.9 Å². The minimum atomic E-state index is 0.673. The topological polar surface area (TPSA) is 38.1 Å². The van der Waals surface area contributed by atoms with E-state index < -0.39 is 0 Å². The minimum Gasteiger partial charge on any atom is -0.441 e. The Balaban J connectivity index is 1.94. The Labute approximate surface area is 115 Å². The first-order chi connectivity index (χ1) is 9.16. The Morgan fingerprint density at radius 1 is 1.26 bits per heavy atom. The monoisotopic (exact) mass is 258 g/mol. The molecule has 2 aromatic rings. The molecule has 0 aliphatic rings. The van der Waals surface area contributed by atoms with Crippen molar-refractivity contribution in [1.82, 2.24) is 10.3 Å². The van der Waals surface area contributed by atoms with Crippen molar-refractivity contribution in [1.29, 1.82) is 0 Å². The maximum Gasteiger partial charge on any atom is 0.196 e. The van der Waals surface area contributed by atoms with Crippen LogP contribution in [0.1, 0.15) is 25.3 Å². The van der Waals surface area contributed by atoms with Crippen LogP contribution in [0.4, 0.5) is 0 Å². The highest BCUT2D eigenvalue weighted by Gasteiger charge is 2.08. The number of aryl methyl sites for hydroxylation is 1. The van der Waals surface area contributed by atoms with Gasteiger partial charge in [0.1, 0.15) is 0 Å². The van der Waals surface area contributed by atoms with Crippen molar-refractivity contribution in [3.63, 3.8) is 0 Å². The smallest absolute Gasteiger partial charge is 0.196 e. The molecule has 0 saturated heterocycles. The summed E-state index contributed by atoms with van der Waals surface area (Å²) < 4.78 is 5.81. The summed E-state index contributed by atoms with van der Waals surface area (Å²) >= 11 is 0. The van der Waals surface area contributed by atoms with E-state index in [0.717, 1.165) is 36.7 Å². The van der Waals surface area contributed by atoms with Gasteiger partial charge in [-0.25, -0.2) is 4.98 Å². The van der Waals surface area contributed by atoms with Crippen LogP contribution in [0.5, 0.6) is 0 Å². The van der Waals surface area contributed by atoms with Gasteiger partial charge in [0.2, 0.25) is 0 Å². The van der Waals surface area contributed by atoms with Gasteiger partial charge in [-0.3, -0.25) is 0 Å². The first-order valence-electron chi connectivity index (χ1n) is 6.88. The van der Waals surface area contributed by atoms with Crippen LogP contribution < -0.4 is 5.32 Å². The first-order valence-corrected chi connectivity index (χ1v) is 6.88. The summed E-state index contributed by atoms with van der Waals surface area (Å²) in [7, 11) is 0. The van der Waals surface area contributed by atoms with Gasteiger partial charge in [-0.05, 0) is 24.9 Å². The standard InChI is InChI=1S/C16H22N2O/c1-12(2)10-17-9-8-16-18-11-15(19-16)14-7-5-4-6-13(14)3/h4-7,11-12,17H,8-10H2,1-3H3. The van der Waals surface area contributed by atoms with E-state index in [1.165, 1.54) is 5.56 Å². The molecular weight excluding hydrogens is 236 g/mol. The molecule has 2 rings (SSSR count). The Morgan fingerprint density at radius 3 is 2.79 bits per heavy atom. The largest absolute Gasteiger partial charge is 0.441 e. The molecule has 0 atom stereocenters. The molecule has 0 amide bonds. The molecule has 1 heterocycles. The van der Waals surface area contributed by atoms with Crippen LogP contribution in [0.25, 0.3) is 11.3 Å². The summed E-state index contributed by atoms with van der Waals surface area (Å²) in [4.78, 5) is 4.34. The molecule has 0 aliphatic carbocycles. The Kier molecular flexibility index (Phi) is 4.74. The SMILES string of the molecule is Cc1ccccc1-c1cnc(CCNCC(C)C)o1. The summed E-state index contributed by atoms with van der Waals surface area (Å²) in [5.41, 5.74) is 2.33. The van der Waals surface area contributed by atoms with Gasteiger partial charge in [0, 0.05) is 18.5 Å². The number of hydrogen-bond acceptors (Lipinski definition) is 3. The number of oxazole rings is 1. The lowest BCUT2D eigenvalue weighted by Crippen LogP contribution is -2.22. The zero-order valence-corrected chi connectivity index (χ0v) is 11.9. The van der Waals surface area contributed by atoms with Gasteiger partial charge < -0.3 is 9.73 Å². The molecule has 1 aromatic heterocycles. The Bertz CT molecular complexity index is 517. The average molecular weight is 258 g/mol. The highest BCUT2D eigenvalue weighted by Crippen LogP contribution is 2.23. The van der Waals surface area contributed by atoms with E-state index in [9.17, 15) is 0 Å². The van der Waals surface area contributed by atoms with Crippen molar-refractivity contribution >= 4 is 0 Å². The molecule has 0 bridgehead atoms. The molecule has 0 fully saturated rings. The predicted octanol–water partition coefficient (Wildman–Crippen LogP) is 3.44. The number of hydrogen-bond donors (Lipinski definition) is 1. The highest BCUT2D eigenvalue weighted by atomic mass is 16.4. The zero-order valence-electron chi connectivity index (χ0n) is 11.9. The van der Waals surface area contributed by atoms with E-state index in [1.54, 1.807) is 0 Å². The van der Waals surface area contributed by atoms with Gasteiger partial charge in [-0.1, -0.05) is 38.1 Å². The fourth-order valence-corrected chi connectivity index (χ4v) is 1.99. The molecule has 0 unspecified atom stereocenters. The molecule has 0 spiro atoms. The predicted molar refractivity (Wildman–Crippen MR) is 78.1 cm³/mol. The first kappa shape index (κ1) is 13.8. The van der Waals surface area contributed by atoms with E-state index in [0.29, 0.717) is 5.92 Å². The normalized spacial score (nSPS) is 11.2. The van der Waals surface area contributed by atoms with Crippen molar-refractivity contribution in [2.45, 2.75) is 27.2 Å². The quantitative estimate of drug-likeness (QED) is 0.807. The zero-order chi connectivity index (χ0) is 13.7. The molecule has 0 radical (unpaired) electrons. The van der Waals surface area contributed by atoms with Crippen LogP contribution in [-0.4, -0.2) is 18.1 Å². The molecule has 19 heavy (non-hydrogen) atoms. The van der Waals surface area contributed by atoms with Crippen molar-refractivity contribution in [3.8, 4) is 11.3 Å². The maximum atomic E-state index is 5.81. The van der Waals surface area contributed by atoms with Gasteiger partial charge in [-0.15, -0.1) is 0 Å². The minimum absolute atomic E-state index is 0.673. The summed E-state index contributed by atoms with van der Waals surface area (Å²) in [5.74, 6) is 2.33. The molecule has 102 valence electrons. The van der Waals surface area contributed by atoms with Crippen molar-refractivity contribution < 1.29 is 4.42 Å². The second kappa shape index (κ2) is 6.53. The number of aromatic nitrogens is 1. The number of nitrogens with one attached hydrogen (secondary N) is 1. The third-order valence-electron chi connectivity index (χ3n) is 3.03. The highest BCUT2D eigenvalue weighted by molar-refractivity contribution is 5.60. The lowest BCUT2D eigenvalue weighted by molar-refractivity contribution is 0.483. The van der Waals surface area contributed by atoms with E-state index in [2.05, 4.69) is 43.2 Å². The van der Waals surface area contributed by atoms with E-state index in [4.69, 9.17) is 4.42 Å². The number of rotatable bonds is 6. The van der Waals surface area contributed by atoms with Crippen LogP contribution >= 0.6 is 0 Å². The molecule has 3 nitrogen and oxygen atoms in total. The molecule has 3 heteroatoms. The molecule has 0 aliphatic heterocycles. The second-order valence-electron chi connectivity index (χ2n) is 5.28. The third kappa shape index (κ3) is 3.93. The lowest BCUT2D eigenvalue weighted by atomic mass is 10.1. The average Bonchev–Trinajstić information content (AvgIpc) is 2.83. The van der Waals surface area contributed by atoms with Gasteiger partial charge in [0.05, 0.1) is 6.20 Å². The van der Waals surface area contributed by atoms with E-state index >= 15 is 0 Å². The summed E-state index contributed by atoms with van der Waals surface area (Å²) in [6.07, 6.45) is 2.65. The van der Waals surface area contributed by atoms with Gasteiger partial charge in [0.15, 0.2) is 11.7 Å².